The number of benzene rings is 2. The van der Waals surface area contributed by atoms with Crippen LogP contribution < -0.4 is 10.6 Å². The van der Waals surface area contributed by atoms with Crippen molar-refractivity contribution in [3.63, 3.8) is 0 Å². The predicted molar refractivity (Wildman–Crippen MR) is 87.5 cm³/mol. The van der Waals surface area contributed by atoms with Gasteiger partial charge in [0.2, 0.25) is 0 Å². The molecule has 0 atom stereocenters. The second kappa shape index (κ2) is 6.10. The summed E-state index contributed by atoms with van der Waals surface area (Å²) >= 11 is 0. The van der Waals surface area contributed by atoms with Crippen molar-refractivity contribution in [2.45, 2.75) is 0 Å². The molecule has 0 aliphatic carbocycles. The van der Waals surface area contributed by atoms with Gasteiger partial charge in [-0.15, -0.1) is 0 Å². The van der Waals surface area contributed by atoms with Crippen molar-refractivity contribution in [2.75, 3.05) is 10.6 Å². The van der Waals surface area contributed by atoms with E-state index in [4.69, 9.17) is 0 Å². The van der Waals surface area contributed by atoms with Gasteiger partial charge in [-0.3, -0.25) is 15.1 Å². The molecule has 0 fully saturated rings. The molecule has 2 N–H and O–H groups in total. The van der Waals surface area contributed by atoms with E-state index in [2.05, 4.69) is 15.6 Å². The summed E-state index contributed by atoms with van der Waals surface area (Å²) in [6, 6.07) is 14.4. The van der Waals surface area contributed by atoms with Crippen LogP contribution in [0.2, 0.25) is 0 Å². The van der Waals surface area contributed by atoms with E-state index >= 15 is 0 Å². The molecule has 0 saturated carbocycles. The van der Waals surface area contributed by atoms with Crippen molar-refractivity contribution in [1.82, 2.24) is 4.98 Å². The molecule has 3 aromatic rings. The molecule has 0 spiro atoms. The van der Waals surface area contributed by atoms with Gasteiger partial charge in [-0.05, 0) is 24.3 Å². The molecule has 3 rings (SSSR count). The van der Waals surface area contributed by atoms with Crippen LogP contribution in [0.5, 0.6) is 0 Å². The number of fused-ring (bicyclic) bond motifs is 1. The third-order valence-corrected chi connectivity index (χ3v) is 3.18. The average Bonchev–Trinajstić information content (AvgIpc) is 2.55. The number of urea groups is 1. The lowest BCUT2D eigenvalue weighted by Gasteiger charge is -2.08. The maximum atomic E-state index is 12.0. The zero-order valence-electron chi connectivity index (χ0n) is 11.9. The van der Waals surface area contributed by atoms with E-state index in [1.54, 1.807) is 24.4 Å². The summed E-state index contributed by atoms with van der Waals surface area (Å²) in [6.45, 7) is 0. The molecule has 0 unspecified atom stereocenters. The summed E-state index contributed by atoms with van der Waals surface area (Å²) in [5.74, 6) is 0. The van der Waals surface area contributed by atoms with E-state index in [9.17, 15) is 14.9 Å². The van der Waals surface area contributed by atoms with Crippen molar-refractivity contribution in [3.05, 3.63) is 70.9 Å². The van der Waals surface area contributed by atoms with Gasteiger partial charge < -0.3 is 10.6 Å². The van der Waals surface area contributed by atoms with Gasteiger partial charge in [-0.25, -0.2) is 4.79 Å². The highest BCUT2D eigenvalue weighted by molar-refractivity contribution is 6.01. The SMILES string of the molecule is O=C(Nc1cccc([N+](=O)[O-])c1)Nc1ccc2cccnc2c1. The highest BCUT2D eigenvalue weighted by atomic mass is 16.6. The molecule has 7 heteroatoms. The van der Waals surface area contributed by atoms with E-state index < -0.39 is 11.0 Å². The van der Waals surface area contributed by atoms with Gasteiger partial charge in [-0.2, -0.15) is 0 Å². The minimum absolute atomic E-state index is 0.0855. The molecule has 7 nitrogen and oxygen atoms in total. The summed E-state index contributed by atoms with van der Waals surface area (Å²) in [7, 11) is 0. The standard InChI is InChI=1S/C16H12N4O3/c21-16(18-12-4-1-5-14(9-12)20(22)23)19-13-7-6-11-3-2-8-17-15(11)10-13/h1-10H,(H2,18,19,21). The maximum Gasteiger partial charge on any atom is 0.323 e. The molecule has 0 radical (unpaired) electrons. The van der Waals surface area contributed by atoms with Crippen LogP contribution in [0.1, 0.15) is 0 Å². The Bertz CT molecular complexity index is 895. The first-order valence-corrected chi connectivity index (χ1v) is 6.79. The number of pyridine rings is 1. The Kier molecular flexibility index (Phi) is 3.84. The molecule has 1 heterocycles. The topological polar surface area (TPSA) is 97.2 Å². The van der Waals surface area contributed by atoms with Crippen LogP contribution in [-0.2, 0) is 0 Å². The third-order valence-electron chi connectivity index (χ3n) is 3.18. The van der Waals surface area contributed by atoms with E-state index in [0.29, 0.717) is 11.4 Å². The lowest BCUT2D eigenvalue weighted by Crippen LogP contribution is -2.19. The number of carbonyl (C=O) groups is 1. The Morgan fingerprint density at radius 1 is 1.00 bits per heavy atom. The highest BCUT2D eigenvalue weighted by Gasteiger charge is 2.08. The lowest BCUT2D eigenvalue weighted by molar-refractivity contribution is -0.384. The lowest BCUT2D eigenvalue weighted by atomic mass is 10.2. The van der Waals surface area contributed by atoms with Crippen LogP contribution in [0.3, 0.4) is 0 Å². The molecule has 114 valence electrons. The Hall–Kier alpha value is -3.48. The number of hydrogen-bond acceptors (Lipinski definition) is 4. The molecule has 2 amide bonds. The van der Waals surface area contributed by atoms with Crippen LogP contribution >= 0.6 is 0 Å². The first-order valence-electron chi connectivity index (χ1n) is 6.79. The minimum Gasteiger partial charge on any atom is -0.308 e. The van der Waals surface area contributed by atoms with E-state index in [0.717, 1.165) is 10.9 Å². The molecule has 0 saturated heterocycles. The van der Waals surface area contributed by atoms with Crippen LogP contribution in [0.15, 0.2) is 60.8 Å². The van der Waals surface area contributed by atoms with Gasteiger partial charge in [0.15, 0.2) is 0 Å². The van der Waals surface area contributed by atoms with Crippen molar-refractivity contribution in [2.24, 2.45) is 0 Å². The van der Waals surface area contributed by atoms with Gasteiger partial charge in [0.1, 0.15) is 0 Å². The van der Waals surface area contributed by atoms with Crippen molar-refractivity contribution in [3.8, 4) is 0 Å². The monoisotopic (exact) mass is 308 g/mol. The highest BCUT2D eigenvalue weighted by Crippen LogP contribution is 2.19. The van der Waals surface area contributed by atoms with Gasteiger partial charge in [0.25, 0.3) is 5.69 Å². The molecule has 23 heavy (non-hydrogen) atoms. The van der Waals surface area contributed by atoms with Crippen LogP contribution in [0.4, 0.5) is 21.9 Å². The second-order valence-corrected chi connectivity index (χ2v) is 4.80. The van der Waals surface area contributed by atoms with E-state index in [1.165, 1.54) is 18.2 Å². The van der Waals surface area contributed by atoms with Crippen LogP contribution in [-0.4, -0.2) is 15.9 Å². The van der Waals surface area contributed by atoms with Crippen molar-refractivity contribution in [1.29, 1.82) is 0 Å². The first kappa shape index (κ1) is 14.5. The zero-order chi connectivity index (χ0) is 16.2. The summed E-state index contributed by atoms with van der Waals surface area (Å²) in [4.78, 5) is 26.4. The fourth-order valence-electron chi connectivity index (χ4n) is 2.13. The predicted octanol–water partition coefficient (Wildman–Crippen LogP) is 3.79. The third kappa shape index (κ3) is 3.41. The second-order valence-electron chi connectivity index (χ2n) is 4.80. The molecule has 0 aliphatic rings. The van der Waals surface area contributed by atoms with Crippen molar-refractivity contribution >= 4 is 34.0 Å². The summed E-state index contributed by atoms with van der Waals surface area (Å²) in [5.41, 5.74) is 1.60. The average molecular weight is 308 g/mol. The number of nitrogens with one attached hydrogen (secondary N) is 2. The molecule has 2 aromatic carbocycles. The first-order chi connectivity index (χ1) is 11.1. The number of nitro benzene ring substituents is 1. The number of rotatable bonds is 3. The number of nitro groups is 1. The fraction of sp³-hybridized carbons (Fsp3) is 0. The quantitative estimate of drug-likeness (QED) is 0.568. The number of aromatic nitrogens is 1. The zero-order valence-corrected chi connectivity index (χ0v) is 11.9. The number of anilines is 2. The number of non-ortho nitro benzene ring substituents is 1. The minimum atomic E-state index is -0.516. The van der Waals surface area contributed by atoms with Crippen LogP contribution in [0.25, 0.3) is 10.9 Å². The largest absolute Gasteiger partial charge is 0.323 e. The Balaban J connectivity index is 1.73. The molecular weight excluding hydrogens is 296 g/mol. The van der Waals surface area contributed by atoms with Gasteiger partial charge >= 0.3 is 6.03 Å². The summed E-state index contributed by atoms with van der Waals surface area (Å²) in [6.07, 6.45) is 1.68. The Morgan fingerprint density at radius 3 is 2.57 bits per heavy atom. The molecular formula is C16H12N4O3. The Morgan fingerprint density at radius 2 is 1.78 bits per heavy atom. The summed E-state index contributed by atoms with van der Waals surface area (Å²) < 4.78 is 0. The summed E-state index contributed by atoms with van der Waals surface area (Å²) in [5, 5.41) is 16.9. The molecule has 0 bridgehead atoms. The normalized spacial score (nSPS) is 10.3. The maximum absolute atomic E-state index is 12.0. The fourth-order valence-corrected chi connectivity index (χ4v) is 2.13. The Labute approximate surface area is 131 Å². The number of nitrogens with zero attached hydrogens (tertiary/aromatic N) is 2. The number of carbonyl (C=O) groups excluding carboxylic acids is 1. The van der Waals surface area contributed by atoms with Gasteiger partial charge in [0.05, 0.1) is 10.4 Å². The molecule has 1 aromatic heterocycles. The van der Waals surface area contributed by atoms with E-state index in [-0.39, 0.29) is 5.69 Å². The van der Waals surface area contributed by atoms with Crippen LogP contribution in [0, 0.1) is 10.1 Å². The van der Waals surface area contributed by atoms with Crippen molar-refractivity contribution < 1.29 is 9.72 Å². The van der Waals surface area contributed by atoms with Gasteiger partial charge in [0, 0.05) is 35.1 Å². The van der Waals surface area contributed by atoms with E-state index in [1.807, 2.05) is 18.2 Å². The van der Waals surface area contributed by atoms with Gasteiger partial charge in [-0.1, -0.05) is 18.2 Å². The molecule has 0 aliphatic heterocycles. The smallest absolute Gasteiger partial charge is 0.308 e. The number of amides is 2. The number of hydrogen-bond donors (Lipinski definition) is 2.